The lowest BCUT2D eigenvalue weighted by Crippen LogP contribution is -2.01. The number of benzene rings is 19. The van der Waals surface area contributed by atoms with Gasteiger partial charge >= 0.3 is 0 Å². The summed E-state index contributed by atoms with van der Waals surface area (Å²) in [4.78, 5) is 30.2. The minimum absolute atomic E-state index is 0.618. The van der Waals surface area contributed by atoms with E-state index in [0.29, 0.717) is 34.9 Å². The highest BCUT2D eigenvalue weighted by molar-refractivity contribution is 6.17. The molecule has 8 aromatic heterocycles. The zero-order valence-corrected chi connectivity index (χ0v) is 71.2. The van der Waals surface area contributed by atoms with Crippen LogP contribution < -0.4 is 0 Å². The van der Waals surface area contributed by atoms with Gasteiger partial charge in [-0.3, -0.25) is 0 Å². The second-order valence-electron chi connectivity index (χ2n) is 33.7. The fraction of sp³-hybridized carbons (Fsp3) is 0. The number of fused-ring (bicyclic) bond motifs is 18. The predicted molar refractivity (Wildman–Crippen MR) is 544 cm³/mol. The minimum atomic E-state index is 0.618. The van der Waals surface area contributed by atoms with Crippen LogP contribution in [0.1, 0.15) is 0 Å². The monoisotopic (exact) mass is 1680 g/mol. The Morgan fingerprint density at radius 1 is 0.106 bits per heavy atom. The van der Waals surface area contributed by atoms with E-state index >= 15 is 0 Å². The first-order valence-corrected chi connectivity index (χ1v) is 44.6. The van der Waals surface area contributed by atoms with Crippen molar-refractivity contribution in [2.24, 2.45) is 0 Å². The van der Waals surface area contributed by atoms with Gasteiger partial charge in [-0.05, 0) is 163 Å². The van der Waals surface area contributed by atoms with E-state index in [1.54, 1.807) is 0 Å². The standard InChI is InChI=1S/C63H40N6.C57H36N6/c1-3-17-41(18-4-1)61-64-62(42-19-5-2-6-20-42)66-63(65-61)45-23-15-21-43(37-45)44-22-16-24-46(38-44)67-59-35-33-47(68-55-29-11-7-25-49(55)50-26-8-12-30-56(50)68)39-53(59)54-40-48(34-36-60(54)67)69-57-31-13-9-27-51(57)52-28-10-14-32-58(52)69;1-3-16-37(17-4-1)55-58-56(38-18-5-2-6-19-38)60-57(59-55)39-20-15-21-40(34-39)61-53-32-30-41(62-49-26-11-7-22-43(49)44-23-8-12-27-50(44)62)35-47(53)48-36-42(31-33-54(48)61)63-51-28-13-9-24-45(51)46-25-10-14-29-52(46)63/h1-40H;1-36H. The van der Waals surface area contributed by atoms with Crippen LogP contribution in [-0.4, -0.2) is 57.3 Å². The Balaban J connectivity index is 0.000000139. The maximum Gasteiger partial charge on any atom is 0.164 e. The van der Waals surface area contributed by atoms with Crippen molar-refractivity contribution in [2.45, 2.75) is 0 Å². The third-order valence-electron chi connectivity index (χ3n) is 26.1. The summed E-state index contributed by atoms with van der Waals surface area (Å²) in [5, 5.41) is 14.6. The lowest BCUT2D eigenvalue weighted by molar-refractivity contribution is 1.07. The van der Waals surface area contributed by atoms with Gasteiger partial charge < -0.3 is 27.4 Å². The van der Waals surface area contributed by atoms with Crippen LogP contribution in [0.15, 0.2) is 461 Å². The van der Waals surface area contributed by atoms with E-state index in [0.717, 1.165) is 111 Å². The molecule has 0 bridgehead atoms. The van der Waals surface area contributed by atoms with Crippen LogP contribution in [0.2, 0.25) is 0 Å². The summed E-state index contributed by atoms with van der Waals surface area (Å²) < 4.78 is 14.4. The van der Waals surface area contributed by atoms with Crippen molar-refractivity contribution in [3.8, 4) is 114 Å². The fourth-order valence-corrected chi connectivity index (χ4v) is 20.2. The topological polar surface area (TPSA) is 107 Å². The highest BCUT2D eigenvalue weighted by Crippen LogP contribution is 2.45. The van der Waals surface area contributed by atoms with Crippen molar-refractivity contribution in [1.29, 1.82) is 0 Å². The van der Waals surface area contributed by atoms with Gasteiger partial charge in [0.1, 0.15) is 0 Å². The van der Waals surface area contributed by atoms with E-state index in [4.69, 9.17) is 29.9 Å². The maximum atomic E-state index is 5.09. The van der Waals surface area contributed by atoms with E-state index in [9.17, 15) is 0 Å². The number of rotatable bonds is 13. The quantitative estimate of drug-likeness (QED) is 0.114. The van der Waals surface area contributed by atoms with Crippen molar-refractivity contribution < 1.29 is 0 Å². The van der Waals surface area contributed by atoms with Crippen molar-refractivity contribution in [1.82, 2.24) is 57.3 Å². The predicted octanol–water partition coefficient (Wildman–Crippen LogP) is 30.0. The average molecular weight is 1690 g/mol. The Labute approximate surface area is 757 Å². The third kappa shape index (κ3) is 12.5. The average Bonchev–Trinajstić information content (AvgIpc) is 1.56. The molecule has 0 N–H and O–H groups in total. The molecule has 27 aromatic rings. The second-order valence-corrected chi connectivity index (χ2v) is 33.7. The van der Waals surface area contributed by atoms with Gasteiger partial charge in [0.15, 0.2) is 34.9 Å². The van der Waals surface area contributed by atoms with Crippen LogP contribution in [0.25, 0.3) is 244 Å². The smallest absolute Gasteiger partial charge is 0.164 e. The molecule has 0 atom stereocenters. The Morgan fingerprint density at radius 3 is 0.523 bits per heavy atom. The number of para-hydroxylation sites is 8. The summed E-state index contributed by atoms with van der Waals surface area (Å²) in [5.74, 6) is 3.80. The highest BCUT2D eigenvalue weighted by atomic mass is 15.1. The van der Waals surface area contributed by atoms with E-state index in [2.05, 4.69) is 367 Å². The Bertz CT molecular complexity index is 8630. The molecule has 0 aliphatic carbocycles. The van der Waals surface area contributed by atoms with Gasteiger partial charge in [-0.25, -0.2) is 29.9 Å². The largest absolute Gasteiger partial charge is 0.309 e. The molecule has 132 heavy (non-hydrogen) atoms. The summed E-state index contributed by atoms with van der Waals surface area (Å²) in [6, 6.07) is 164. The van der Waals surface area contributed by atoms with E-state index < -0.39 is 0 Å². The van der Waals surface area contributed by atoms with E-state index in [1.807, 2.05) is 121 Å². The van der Waals surface area contributed by atoms with Gasteiger partial charge in [0.25, 0.3) is 0 Å². The van der Waals surface area contributed by atoms with Gasteiger partial charge in [0.05, 0.1) is 66.2 Å². The van der Waals surface area contributed by atoms with Gasteiger partial charge in [-0.2, -0.15) is 0 Å². The highest BCUT2D eigenvalue weighted by Gasteiger charge is 2.25. The summed E-state index contributed by atoms with van der Waals surface area (Å²) >= 11 is 0. The molecular weight excluding hydrogens is 1610 g/mol. The van der Waals surface area contributed by atoms with Gasteiger partial charge in [-0.1, -0.05) is 309 Å². The molecule has 0 saturated heterocycles. The van der Waals surface area contributed by atoms with Gasteiger partial charge in [-0.15, -0.1) is 0 Å². The molecule has 0 spiro atoms. The number of aromatic nitrogens is 12. The van der Waals surface area contributed by atoms with Crippen molar-refractivity contribution in [2.75, 3.05) is 0 Å². The van der Waals surface area contributed by atoms with Crippen molar-refractivity contribution in [3.05, 3.63) is 461 Å². The van der Waals surface area contributed by atoms with E-state index in [1.165, 1.54) is 98.0 Å². The third-order valence-corrected chi connectivity index (χ3v) is 26.1. The summed E-state index contributed by atoms with van der Waals surface area (Å²) in [6.07, 6.45) is 0. The molecule has 0 unspecified atom stereocenters. The number of hydrogen-bond donors (Lipinski definition) is 0. The SMILES string of the molecule is c1ccc(-c2nc(-c3ccccc3)nc(-c3cccc(-c4cccc(-n5c6ccc(-n7c8ccccc8c8ccccc87)cc6c6cc(-n7c8ccccc8c8ccccc87)ccc65)c4)c3)n2)cc1.c1ccc(-c2nc(-c3ccccc3)nc(-c3cccc(-n4c5ccc(-n6c7ccccc7c7ccccc76)cc5c5cc(-n6c7ccccc7c7ccccc76)ccc54)c3)n2)cc1. The van der Waals surface area contributed by atoms with Crippen LogP contribution in [0.4, 0.5) is 0 Å². The number of hydrogen-bond acceptors (Lipinski definition) is 6. The van der Waals surface area contributed by atoms with Crippen molar-refractivity contribution in [3.63, 3.8) is 0 Å². The molecule has 19 aromatic carbocycles. The maximum absolute atomic E-state index is 5.09. The summed E-state index contributed by atoms with van der Waals surface area (Å²) in [7, 11) is 0. The van der Waals surface area contributed by atoms with Crippen LogP contribution in [0, 0.1) is 0 Å². The first-order chi connectivity index (χ1) is 65.5. The molecule has 27 rings (SSSR count). The second kappa shape index (κ2) is 31.0. The van der Waals surface area contributed by atoms with Crippen LogP contribution in [-0.2, 0) is 0 Å². The minimum Gasteiger partial charge on any atom is -0.309 e. The Kier molecular flexibility index (Phi) is 17.7. The molecule has 0 radical (unpaired) electrons. The molecule has 12 heteroatoms. The van der Waals surface area contributed by atoms with Crippen LogP contribution in [0.3, 0.4) is 0 Å². The van der Waals surface area contributed by atoms with Crippen molar-refractivity contribution >= 4 is 131 Å². The molecule has 616 valence electrons. The lowest BCUT2D eigenvalue weighted by atomic mass is 10.0. The first-order valence-electron chi connectivity index (χ1n) is 44.6. The van der Waals surface area contributed by atoms with Gasteiger partial charge in [0, 0.05) is 132 Å². The van der Waals surface area contributed by atoms with E-state index in [-0.39, 0.29) is 0 Å². The number of nitrogens with zero attached hydrogens (tertiary/aromatic N) is 12. The molecule has 8 heterocycles. The first kappa shape index (κ1) is 75.3. The Hall–Kier alpha value is -18.0. The van der Waals surface area contributed by atoms with Gasteiger partial charge in [0.2, 0.25) is 0 Å². The molecule has 0 saturated carbocycles. The summed E-state index contributed by atoms with van der Waals surface area (Å²) in [6.45, 7) is 0. The molecule has 0 aliphatic rings. The molecule has 12 nitrogen and oxygen atoms in total. The van der Waals surface area contributed by atoms with Crippen LogP contribution >= 0.6 is 0 Å². The zero-order valence-electron chi connectivity index (χ0n) is 71.2. The molecule has 0 fully saturated rings. The lowest BCUT2D eigenvalue weighted by Gasteiger charge is -2.13. The zero-order chi connectivity index (χ0) is 86.9. The normalized spacial score (nSPS) is 11.8. The molecule has 0 aliphatic heterocycles. The summed E-state index contributed by atoms with van der Waals surface area (Å²) in [5.41, 5.74) is 28.3. The fourth-order valence-electron chi connectivity index (χ4n) is 20.2. The molecule has 0 amide bonds. The molecular formula is C120H76N12. The Morgan fingerprint density at radius 2 is 0.273 bits per heavy atom. The van der Waals surface area contributed by atoms with Crippen LogP contribution in [0.5, 0.6) is 0 Å².